The van der Waals surface area contributed by atoms with Crippen molar-refractivity contribution in [1.82, 2.24) is 10.3 Å². The van der Waals surface area contributed by atoms with Gasteiger partial charge in [-0.25, -0.2) is 4.98 Å². The summed E-state index contributed by atoms with van der Waals surface area (Å²) in [6.45, 7) is 5.56. The van der Waals surface area contributed by atoms with E-state index in [2.05, 4.69) is 24.1 Å². The highest BCUT2D eigenvalue weighted by Gasteiger charge is 2.18. The topological polar surface area (TPSA) is 24.9 Å². The maximum Gasteiger partial charge on any atom is 0.111 e. The van der Waals surface area contributed by atoms with Gasteiger partial charge in [0.2, 0.25) is 0 Å². The van der Waals surface area contributed by atoms with Crippen LogP contribution in [0.3, 0.4) is 0 Å². The second-order valence-corrected chi connectivity index (χ2v) is 6.08. The van der Waals surface area contributed by atoms with Gasteiger partial charge in [0.15, 0.2) is 0 Å². The number of hydrogen-bond donors (Lipinski definition) is 1. The van der Waals surface area contributed by atoms with E-state index in [1.54, 1.807) is 0 Å². The molecule has 0 bridgehead atoms. The van der Waals surface area contributed by atoms with Crippen molar-refractivity contribution in [2.24, 2.45) is 0 Å². The first kappa shape index (κ1) is 10.5. The van der Waals surface area contributed by atoms with Crippen molar-refractivity contribution in [1.29, 1.82) is 0 Å². The number of thioether (sulfide) groups is 1. The van der Waals surface area contributed by atoms with Gasteiger partial charge in [-0.2, -0.15) is 11.8 Å². The molecule has 1 N–H and O–H groups in total. The Morgan fingerprint density at radius 1 is 1.57 bits per heavy atom. The summed E-state index contributed by atoms with van der Waals surface area (Å²) in [4.78, 5) is 5.90. The zero-order chi connectivity index (χ0) is 9.97. The van der Waals surface area contributed by atoms with E-state index in [-0.39, 0.29) is 0 Å². The molecule has 0 saturated carbocycles. The molecular weight excluding hydrogens is 212 g/mol. The molecule has 0 aliphatic carbocycles. The first-order valence-electron chi connectivity index (χ1n) is 5.04. The van der Waals surface area contributed by atoms with E-state index in [9.17, 15) is 0 Å². The van der Waals surface area contributed by atoms with E-state index in [1.807, 2.05) is 29.3 Å². The summed E-state index contributed by atoms with van der Waals surface area (Å²) >= 11 is 3.88. The van der Waals surface area contributed by atoms with Gasteiger partial charge in [-0.3, -0.25) is 0 Å². The van der Waals surface area contributed by atoms with Crippen LogP contribution in [-0.4, -0.2) is 23.0 Å². The molecule has 2 nitrogen and oxygen atoms in total. The zero-order valence-corrected chi connectivity index (χ0v) is 10.3. The van der Waals surface area contributed by atoms with E-state index in [1.165, 1.54) is 21.4 Å². The third-order valence-corrected chi connectivity index (χ3v) is 4.80. The molecule has 14 heavy (non-hydrogen) atoms. The molecule has 0 amide bonds. The molecule has 0 radical (unpaired) electrons. The van der Waals surface area contributed by atoms with Crippen LogP contribution in [0.15, 0.2) is 6.20 Å². The molecule has 0 spiro atoms. The van der Waals surface area contributed by atoms with Crippen molar-refractivity contribution in [3.63, 3.8) is 0 Å². The highest BCUT2D eigenvalue weighted by atomic mass is 32.2. The maximum absolute atomic E-state index is 4.50. The minimum Gasteiger partial charge on any atom is -0.306 e. The van der Waals surface area contributed by atoms with Gasteiger partial charge in [-0.15, -0.1) is 11.3 Å². The molecule has 1 aliphatic rings. The van der Waals surface area contributed by atoms with Crippen LogP contribution >= 0.6 is 23.1 Å². The summed E-state index contributed by atoms with van der Waals surface area (Å²) in [7, 11) is 0. The second kappa shape index (κ2) is 4.64. The monoisotopic (exact) mass is 228 g/mol. The molecule has 1 fully saturated rings. The largest absolute Gasteiger partial charge is 0.306 e. The molecule has 78 valence electrons. The molecule has 2 heterocycles. The summed E-state index contributed by atoms with van der Waals surface area (Å²) in [5.41, 5.74) is 0. The van der Waals surface area contributed by atoms with Crippen molar-refractivity contribution in [2.75, 3.05) is 18.1 Å². The minimum absolute atomic E-state index is 0.492. The van der Waals surface area contributed by atoms with Crippen LogP contribution in [0.25, 0.3) is 0 Å². The molecule has 2 rings (SSSR count). The Labute approximate surface area is 93.5 Å². The molecule has 0 aromatic carbocycles. The summed E-state index contributed by atoms with van der Waals surface area (Å²) in [5, 5.41) is 4.78. The molecule has 1 atom stereocenters. The summed E-state index contributed by atoms with van der Waals surface area (Å²) in [6, 6.07) is 0.492. The predicted octanol–water partition coefficient (Wildman–Crippen LogP) is 2.64. The number of thiazole rings is 1. The van der Waals surface area contributed by atoms with Crippen molar-refractivity contribution in [2.45, 2.75) is 25.8 Å². The van der Waals surface area contributed by atoms with Gasteiger partial charge in [-0.05, 0) is 5.92 Å². The van der Waals surface area contributed by atoms with E-state index in [4.69, 9.17) is 0 Å². The third kappa shape index (κ3) is 2.30. The standard InChI is InChI=1S/C10H16N2S2/c1-7(2)9-5-12-10(14-9)8-6-13-4-3-11-8/h5,7-8,11H,3-4,6H2,1-2H3. The first-order valence-corrected chi connectivity index (χ1v) is 7.01. The number of nitrogens with one attached hydrogen (secondary N) is 1. The number of hydrogen-bond acceptors (Lipinski definition) is 4. The van der Waals surface area contributed by atoms with Gasteiger partial charge in [0.1, 0.15) is 5.01 Å². The lowest BCUT2D eigenvalue weighted by Crippen LogP contribution is -2.30. The van der Waals surface area contributed by atoms with E-state index in [0.29, 0.717) is 12.0 Å². The zero-order valence-electron chi connectivity index (χ0n) is 8.62. The highest BCUT2D eigenvalue weighted by Crippen LogP contribution is 2.28. The predicted molar refractivity (Wildman–Crippen MR) is 64.3 cm³/mol. The van der Waals surface area contributed by atoms with Gasteiger partial charge in [-0.1, -0.05) is 13.8 Å². The van der Waals surface area contributed by atoms with Crippen LogP contribution in [0.4, 0.5) is 0 Å². The Hall–Kier alpha value is -0.0600. The minimum atomic E-state index is 0.492. The summed E-state index contributed by atoms with van der Waals surface area (Å²) in [5.74, 6) is 3.02. The molecule has 1 aromatic rings. The lowest BCUT2D eigenvalue weighted by atomic mass is 10.2. The first-order chi connectivity index (χ1) is 6.77. The highest BCUT2D eigenvalue weighted by molar-refractivity contribution is 7.99. The Morgan fingerprint density at radius 2 is 2.43 bits per heavy atom. The van der Waals surface area contributed by atoms with Gasteiger partial charge in [0.25, 0.3) is 0 Å². The number of nitrogens with zero attached hydrogens (tertiary/aromatic N) is 1. The molecule has 1 saturated heterocycles. The van der Waals surface area contributed by atoms with Gasteiger partial charge >= 0.3 is 0 Å². The van der Waals surface area contributed by atoms with Gasteiger partial charge in [0.05, 0.1) is 6.04 Å². The summed E-state index contributed by atoms with van der Waals surface area (Å²) in [6.07, 6.45) is 2.03. The Morgan fingerprint density at radius 3 is 3.00 bits per heavy atom. The van der Waals surface area contributed by atoms with E-state index < -0.39 is 0 Å². The van der Waals surface area contributed by atoms with Crippen LogP contribution < -0.4 is 5.32 Å². The fraction of sp³-hybridized carbons (Fsp3) is 0.700. The SMILES string of the molecule is CC(C)c1cnc(C2CSCCN2)s1. The van der Waals surface area contributed by atoms with Crippen molar-refractivity contribution < 1.29 is 0 Å². The smallest absolute Gasteiger partial charge is 0.111 e. The Balaban J connectivity index is 2.07. The van der Waals surface area contributed by atoms with E-state index >= 15 is 0 Å². The average Bonchev–Trinajstić information content (AvgIpc) is 2.68. The van der Waals surface area contributed by atoms with Gasteiger partial charge in [0, 0.05) is 29.1 Å². The number of rotatable bonds is 2. The average molecular weight is 228 g/mol. The van der Waals surface area contributed by atoms with Crippen molar-refractivity contribution >= 4 is 23.1 Å². The second-order valence-electron chi connectivity index (χ2n) is 3.84. The van der Waals surface area contributed by atoms with Crippen LogP contribution in [0.2, 0.25) is 0 Å². The molecule has 1 unspecified atom stereocenters. The fourth-order valence-corrected chi connectivity index (χ4v) is 3.50. The molecular formula is C10H16N2S2. The molecule has 4 heteroatoms. The van der Waals surface area contributed by atoms with Crippen molar-refractivity contribution in [3.8, 4) is 0 Å². The van der Waals surface area contributed by atoms with Crippen LogP contribution in [0, 0.1) is 0 Å². The van der Waals surface area contributed by atoms with Crippen LogP contribution in [0.1, 0.15) is 35.7 Å². The lowest BCUT2D eigenvalue weighted by molar-refractivity contribution is 0.592. The molecule has 1 aliphatic heterocycles. The maximum atomic E-state index is 4.50. The Bertz CT molecular complexity index is 290. The van der Waals surface area contributed by atoms with E-state index in [0.717, 1.165) is 6.54 Å². The van der Waals surface area contributed by atoms with Crippen LogP contribution in [0.5, 0.6) is 0 Å². The summed E-state index contributed by atoms with van der Waals surface area (Å²) < 4.78 is 0. The normalized spacial score (nSPS) is 22.9. The third-order valence-electron chi connectivity index (χ3n) is 2.33. The Kier molecular flexibility index (Phi) is 3.47. The quantitative estimate of drug-likeness (QED) is 0.842. The lowest BCUT2D eigenvalue weighted by Gasteiger charge is -2.20. The van der Waals surface area contributed by atoms with Gasteiger partial charge < -0.3 is 5.32 Å². The fourth-order valence-electron chi connectivity index (χ4n) is 1.45. The molecule has 1 aromatic heterocycles. The van der Waals surface area contributed by atoms with Crippen LogP contribution in [-0.2, 0) is 0 Å². The number of aromatic nitrogens is 1. The van der Waals surface area contributed by atoms with Crippen molar-refractivity contribution in [3.05, 3.63) is 16.1 Å².